The number of hydrogen-bond acceptors (Lipinski definition) is 3. The smallest absolute Gasteiger partial charge is 0.0605 e. The van der Waals surface area contributed by atoms with Crippen molar-refractivity contribution in [3.63, 3.8) is 0 Å². The van der Waals surface area contributed by atoms with Gasteiger partial charge in [-0.05, 0) is 65.9 Å². The normalized spacial score (nSPS) is 17.8. The van der Waals surface area contributed by atoms with Crippen LogP contribution in [-0.4, -0.2) is 9.97 Å². The Morgan fingerprint density at radius 2 is 2.25 bits per heavy atom. The van der Waals surface area contributed by atoms with Crippen LogP contribution in [0.4, 0.5) is 0 Å². The van der Waals surface area contributed by atoms with Crippen LogP contribution in [0.5, 0.6) is 0 Å². The highest BCUT2D eigenvalue weighted by Gasteiger charge is 2.20. The maximum Gasteiger partial charge on any atom is 0.0605 e. The van der Waals surface area contributed by atoms with Crippen LogP contribution in [0.1, 0.15) is 41.5 Å². The summed E-state index contributed by atoms with van der Waals surface area (Å²) in [6.45, 7) is 2.81. The van der Waals surface area contributed by atoms with Gasteiger partial charge in [-0.3, -0.25) is 9.97 Å². The molecular weight excluding hydrogens is 314 g/mol. The number of fused-ring (bicyclic) bond motifs is 1. The van der Waals surface area contributed by atoms with Gasteiger partial charge in [0.05, 0.1) is 23.1 Å². The van der Waals surface area contributed by atoms with Gasteiger partial charge < -0.3 is 5.32 Å². The number of aromatic nitrogens is 2. The molecule has 0 aliphatic heterocycles. The highest BCUT2D eigenvalue weighted by Crippen LogP contribution is 2.27. The number of nitrogens with zero attached hydrogens (tertiary/aromatic N) is 2. The van der Waals surface area contributed by atoms with Gasteiger partial charge >= 0.3 is 0 Å². The van der Waals surface area contributed by atoms with E-state index in [0.29, 0.717) is 6.04 Å². The van der Waals surface area contributed by atoms with Crippen LogP contribution in [0.15, 0.2) is 34.9 Å². The van der Waals surface area contributed by atoms with E-state index in [0.717, 1.165) is 35.2 Å². The van der Waals surface area contributed by atoms with Gasteiger partial charge in [0, 0.05) is 17.2 Å². The lowest BCUT2D eigenvalue weighted by Crippen LogP contribution is -2.26. The van der Waals surface area contributed by atoms with Crippen molar-refractivity contribution in [3.05, 3.63) is 57.6 Å². The molecule has 20 heavy (non-hydrogen) atoms. The van der Waals surface area contributed by atoms with Gasteiger partial charge in [0.2, 0.25) is 0 Å². The third kappa shape index (κ3) is 2.91. The Labute approximate surface area is 128 Å². The fraction of sp³-hybridized carbons (Fsp3) is 0.375. The molecule has 2 aromatic rings. The van der Waals surface area contributed by atoms with E-state index in [1.807, 2.05) is 19.2 Å². The largest absolute Gasteiger partial charge is 0.303 e. The van der Waals surface area contributed by atoms with Crippen molar-refractivity contribution in [3.8, 4) is 0 Å². The van der Waals surface area contributed by atoms with Crippen molar-refractivity contribution in [2.24, 2.45) is 0 Å². The maximum atomic E-state index is 4.58. The first-order valence-electron chi connectivity index (χ1n) is 7.03. The summed E-state index contributed by atoms with van der Waals surface area (Å²) in [5.41, 5.74) is 4.71. The van der Waals surface area contributed by atoms with Crippen molar-refractivity contribution in [1.29, 1.82) is 0 Å². The fourth-order valence-corrected chi connectivity index (χ4v) is 2.95. The highest BCUT2D eigenvalue weighted by molar-refractivity contribution is 9.10. The Kier molecular flexibility index (Phi) is 4.13. The zero-order valence-corrected chi connectivity index (χ0v) is 13.2. The van der Waals surface area contributed by atoms with Gasteiger partial charge in [0.15, 0.2) is 0 Å². The van der Waals surface area contributed by atoms with Crippen molar-refractivity contribution >= 4 is 15.9 Å². The van der Waals surface area contributed by atoms with Crippen LogP contribution < -0.4 is 5.32 Å². The Morgan fingerprint density at radius 1 is 1.35 bits per heavy atom. The molecular formula is C16H18BrN3. The van der Waals surface area contributed by atoms with Gasteiger partial charge in [-0.1, -0.05) is 6.07 Å². The third-order valence-electron chi connectivity index (χ3n) is 3.80. The summed E-state index contributed by atoms with van der Waals surface area (Å²) < 4.78 is 1.06. The Balaban J connectivity index is 1.71. The second-order valence-corrected chi connectivity index (χ2v) is 6.10. The predicted octanol–water partition coefficient (Wildman–Crippen LogP) is 3.71. The number of halogens is 1. The molecule has 0 spiro atoms. The molecule has 1 aliphatic carbocycles. The van der Waals surface area contributed by atoms with E-state index in [2.05, 4.69) is 49.4 Å². The van der Waals surface area contributed by atoms with Crippen LogP contribution in [-0.2, 0) is 13.0 Å². The first-order chi connectivity index (χ1) is 9.74. The van der Waals surface area contributed by atoms with E-state index in [1.54, 1.807) is 0 Å². The fourth-order valence-electron chi connectivity index (χ4n) is 2.73. The standard InChI is InChI=1S/C16H18BrN3/c1-11-14(17)8-7-13(20-11)10-19-15-6-2-4-12-5-3-9-18-16(12)15/h3,5,7-9,15,19H,2,4,6,10H2,1H3. The second-order valence-electron chi connectivity index (χ2n) is 5.24. The molecule has 2 heterocycles. The van der Waals surface area contributed by atoms with Gasteiger partial charge in [0.1, 0.15) is 0 Å². The molecule has 0 radical (unpaired) electrons. The first kappa shape index (κ1) is 13.7. The molecule has 1 unspecified atom stereocenters. The number of aryl methyl sites for hydroxylation is 2. The summed E-state index contributed by atoms with van der Waals surface area (Å²) in [5.74, 6) is 0. The molecule has 3 nitrogen and oxygen atoms in total. The average molecular weight is 332 g/mol. The van der Waals surface area contributed by atoms with Gasteiger partial charge in [0.25, 0.3) is 0 Å². The molecule has 3 rings (SSSR count). The summed E-state index contributed by atoms with van der Waals surface area (Å²) in [6.07, 6.45) is 5.42. The lowest BCUT2D eigenvalue weighted by molar-refractivity contribution is 0.445. The molecule has 1 N–H and O–H groups in total. The van der Waals surface area contributed by atoms with Crippen molar-refractivity contribution in [2.75, 3.05) is 0 Å². The molecule has 0 amide bonds. The molecule has 104 valence electrons. The summed E-state index contributed by atoms with van der Waals surface area (Å²) in [6, 6.07) is 8.70. The molecule has 0 saturated carbocycles. The lowest BCUT2D eigenvalue weighted by atomic mass is 9.92. The molecule has 1 atom stereocenters. The lowest BCUT2D eigenvalue weighted by Gasteiger charge is -2.25. The molecule has 0 bridgehead atoms. The zero-order valence-electron chi connectivity index (χ0n) is 11.6. The predicted molar refractivity (Wildman–Crippen MR) is 83.4 cm³/mol. The number of rotatable bonds is 3. The molecule has 0 fully saturated rings. The zero-order chi connectivity index (χ0) is 13.9. The Morgan fingerprint density at radius 3 is 3.10 bits per heavy atom. The van der Waals surface area contributed by atoms with Gasteiger partial charge in [-0.25, -0.2) is 0 Å². The number of hydrogen-bond donors (Lipinski definition) is 1. The Hall–Kier alpha value is -1.26. The minimum Gasteiger partial charge on any atom is -0.303 e. The van der Waals surface area contributed by atoms with Gasteiger partial charge in [-0.15, -0.1) is 0 Å². The third-order valence-corrected chi connectivity index (χ3v) is 4.64. The highest BCUT2D eigenvalue weighted by atomic mass is 79.9. The van der Waals surface area contributed by atoms with E-state index < -0.39 is 0 Å². The Bertz CT molecular complexity index is 612. The first-order valence-corrected chi connectivity index (χ1v) is 7.82. The molecule has 2 aromatic heterocycles. The maximum absolute atomic E-state index is 4.58. The van der Waals surface area contributed by atoms with Gasteiger partial charge in [-0.2, -0.15) is 0 Å². The van der Waals surface area contributed by atoms with E-state index >= 15 is 0 Å². The van der Waals surface area contributed by atoms with E-state index in [4.69, 9.17) is 0 Å². The summed E-state index contributed by atoms with van der Waals surface area (Å²) in [4.78, 5) is 9.14. The van der Waals surface area contributed by atoms with Crippen LogP contribution in [0.3, 0.4) is 0 Å². The summed E-state index contributed by atoms with van der Waals surface area (Å²) >= 11 is 3.49. The number of nitrogens with one attached hydrogen (secondary N) is 1. The van der Waals surface area contributed by atoms with E-state index in [1.165, 1.54) is 17.7 Å². The van der Waals surface area contributed by atoms with Crippen molar-refractivity contribution < 1.29 is 0 Å². The topological polar surface area (TPSA) is 37.8 Å². The molecule has 0 aromatic carbocycles. The summed E-state index contributed by atoms with van der Waals surface area (Å²) in [5, 5.41) is 3.60. The second kappa shape index (κ2) is 6.02. The monoisotopic (exact) mass is 331 g/mol. The van der Waals surface area contributed by atoms with Crippen molar-refractivity contribution in [2.45, 2.75) is 38.8 Å². The van der Waals surface area contributed by atoms with E-state index in [9.17, 15) is 0 Å². The molecule has 1 aliphatic rings. The van der Waals surface area contributed by atoms with Crippen LogP contribution in [0, 0.1) is 6.92 Å². The minimum atomic E-state index is 0.353. The minimum absolute atomic E-state index is 0.353. The van der Waals surface area contributed by atoms with Crippen LogP contribution >= 0.6 is 15.9 Å². The van der Waals surface area contributed by atoms with Crippen molar-refractivity contribution in [1.82, 2.24) is 15.3 Å². The average Bonchev–Trinajstić information content (AvgIpc) is 2.48. The molecule has 0 saturated heterocycles. The SMILES string of the molecule is Cc1nc(CNC2CCCc3cccnc32)ccc1Br. The van der Waals surface area contributed by atoms with Crippen LogP contribution in [0.25, 0.3) is 0 Å². The number of pyridine rings is 2. The molecule has 4 heteroatoms. The quantitative estimate of drug-likeness (QED) is 0.931. The van der Waals surface area contributed by atoms with E-state index in [-0.39, 0.29) is 0 Å². The van der Waals surface area contributed by atoms with Crippen LogP contribution in [0.2, 0.25) is 0 Å². The summed E-state index contributed by atoms with van der Waals surface area (Å²) in [7, 11) is 0.